The van der Waals surface area contributed by atoms with Gasteiger partial charge >= 0.3 is 0 Å². The first-order valence-corrected chi connectivity index (χ1v) is 8.76. The van der Waals surface area contributed by atoms with Crippen molar-refractivity contribution in [3.63, 3.8) is 0 Å². The van der Waals surface area contributed by atoms with Crippen LogP contribution in [0.1, 0.15) is 25.5 Å². The minimum Gasteiger partial charge on any atom is -0.497 e. The molecule has 0 aliphatic carbocycles. The van der Waals surface area contributed by atoms with Crippen LogP contribution in [-0.4, -0.2) is 26.2 Å². The summed E-state index contributed by atoms with van der Waals surface area (Å²) in [4.78, 5) is 12.5. The standard InChI is InChI=1S/C19H21Cl2NO4/c1-11(14-10-13(24-3)8-9-16(14)25-4)22-19(23)12(2)26-17-7-5-6-15(20)18(17)21/h5-12H,1-4H3,(H,22,23). The maximum Gasteiger partial charge on any atom is 0.261 e. The van der Waals surface area contributed by atoms with Crippen LogP contribution in [0.3, 0.4) is 0 Å². The van der Waals surface area contributed by atoms with Crippen molar-refractivity contribution in [2.24, 2.45) is 0 Å². The minimum atomic E-state index is -0.759. The number of nitrogens with one attached hydrogen (secondary N) is 1. The second kappa shape index (κ2) is 9.01. The van der Waals surface area contributed by atoms with Gasteiger partial charge in [-0.1, -0.05) is 29.3 Å². The molecule has 0 aliphatic rings. The molecule has 26 heavy (non-hydrogen) atoms. The van der Waals surface area contributed by atoms with Gasteiger partial charge in [-0.2, -0.15) is 0 Å². The summed E-state index contributed by atoms with van der Waals surface area (Å²) in [6.07, 6.45) is -0.759. The molecule has 2 rings (SSSR count). The molecular weight excluding hydrogens is 377 g/mol. The molecular formula is C19H21Cl2NO4. The minimum absolute atomic E-state index is 0.274. The summed E-state index contributed by atoms with van der Waals surface area (Å²) in [6.45, 7) is 3.50. The number of carbonyl (C=O) groups excluding carboxylic acids is 1. The van der Waals surface area contributed by atoms with Gasteiger partial charge in [-0.3, -0.25) is 4.79 Å². The van der Waals surface area contributed by atoms with Gasteiger partial charge in [0.05, 0.1) is 25.3 Å². The summed E-state index contributed by atoms with van der Waals surface area (Å²) in [5, 5.41) is 3.54. The lowest BCUT2D eigenvalue weighted by Crippen LogP contribution is -2.37. The molecule has 0 fully saturated rings. The van der Waals surface area contributed by atoms with E-state index in [1.165, 1.54) is 0 Å². The van der Waals surface area contributed by atoms with Gasteiger partial charge in [-0.15, -0.1) is 0 Å². The molecule has 0 aliphatic heterocycles. The number of halogens is 2. The van der Waals surface area contributed by atoms with Gasteiger partial charge in [-0.05, 0) is 44.2 Å². The number of amides is 1. The van der Waals surface area contributed by atoms with Crippen LogP contribution in [0.25, 0.3) is 0 Å². The van der Waals surface area contributed by atoms with Crippen LogP contribution in [0.5, 0.6) is 17.2 Å². The average molecular weight is 398 g/mol. The summed E-state index contributed by atoms with van der Waals surface area (Å²) in [5.74, 6) is 1.40. The molecule has 0 heterocycles. The van der Waals surface area contributed by atoms with Crippen molar-refractivity contribution in [3.05, 3.63) is 52.0 Å². The Labute approximate surface area is 163 Å². The zero-order valence-corrected chi connectivity index (χ0v) is 16.5. The van der Waals surface area contributed by atoms with Crippen LogP contribution >= 0.6 is 23.2 Å². The van der Waals surface area contributed by atoms with E-state index < -0.39 is 6.10 Å². The lowest BCUT2D eigenvalue weighted by Gasteiger charge is -2.21. The predicted octanol–water partition coefficient (Wildman–Crippen LogP) is 4.66. The molecule has 2 aromatic carbocycles. The van der Waals surface area contributed by atoms with Crippen LogP contribution < -0.4 is 19.5 Å². The highest BCUT2D eigenvalue weighted by Gasteiger charge is 2.21. The molecule has 2 unspecified atom stereocenters. The van der Waals surface area contributed by atoms with Crippen LogP contribution in [0, 0.1) is 0 Å². The second-order valence-electron chi connectivity index (χ2n) is 5.65. The van der Waals surface area contributed by atoms with Gasteiger partial charge in [0.1, 0.15) is 22.3 Å². The van der Waals surface area contributed by atoms with Crippen molar-refractivity contribution in [2.75, 3.05) is 14.2 Å². The molecule has 0 saturated heterocycles. The zero-order valence-electron chi connectivity index (χ0n) is 15.0. The average Bonchev–Trinajstić information content (AvgIpc) is 2.64. The van der Waals surface area contributed by atoms with E-state index in [1.54, 1.807) is 51.5 Å². The topological polar surface area (TPSA) is 56.8 Å². The smallest absolute Gasteiger partial charge is 0.261 e. The first-order chi connectivity index (χ1) is 12.4. The number of hydrogen-bond acceptors (Lipinski definition) is 4. The Morgan fingerprint density at radius 1 is 1.04 bits per heavy atom. The lowest BCUT2D eigenvalue weighted by atomic mass is 10.1. The second-order valence-corrected chi connectivity index (χ2v) is 6.44. The number of hydrogen-bond donors (Lipinski definition) is 1. The third-order valence-corrected chi connectivity index (χ3v) is 4.65. The molecule has 7 heteroatoms. The van der Waals surface area contributed by atoms with Crippen molar-refractivity contribution < 1.29 is 19.0 Å². The zero-order chi connectivity index (χ0) is 19.3. The van der Waals surface area contributed by atoms with Crippen LogP contribution in [-0.2, 0) is 4.79 Å². The van der Waals surface area contributed by atoms with Crippen molar-refractivity contribution >= 4 is 29.1 Å². The highest BCUT2D eigenvalue weighted by molar-refractivity contribution is 6.42. The van der Waals surface area contributed by atoms with E-state index in [0.29, 0.717) is 22.3 Å². The van der Waals surface area contributed by atoms with Crippen molar-refractivity contribution in [1.29, 1.82) is 0 Å². The molecule has 1 amide bonds. The molecule has 2 atom stereocenters. The largest absolute Gasteiger partial charge is 0.497 e. The first-order valence-electron chi connectivity index (χ1n) is 8.00. The summed E-state index contributed by atoms with van der Waals surface area (Å²) >= 11 is 12.1. The Hall–Kier alpha value is -2.11. The number of ether oxygens (including phenoxy) is 3. The van der Waals surface area contributed by atoms with E-state index >= 15 is 0 Å². The summed E-state index contributed by atoms with van der Waals surface area (Å²) in [7, 11) is 3.16. The molecule has 0 radical (unpaired) electrons. The van der Waals surface area contributed by atoms with E-state index in [2.05, 4.69) is 5.32 Å². The maximum atomic E-state index is 12.5. The number of carbonyl (C=O) groups is 1. The maximum absolute atomic E-state index is 12.5. The first kappa shape index (κ1) is 20.2. The van der Waals surface area contributed by atoms with Gasteiger partial charge in [-0.25, -0.2) is 0 Å². The Morgan fingerprint density at radius 3 is 2.42 bits per heavy atom. The third-order valence-electron chi connectivity index (χ3n) is 3.85. The molecule has 2 aromatic rings. The van der Waals surface area contributed by atoms with Crippen LogP contribution in [0.2, 0.25) is 10.0 Å². The highest BCUT2D eigenvalue weighted by atomic mass is 35.5. The Balaban J connectivity index is 2.10. The van der Waals surface area contributed by atoms with Crippen LogP contribution in [0.15, 0.2) is 36.4 Å². The quantitative estimate of drug-likeness (QED) is 0.738. The highest BCUT2D eigenvalue weighted by Crippen LogP contribution is 2.32. The van der Waals surface area contributed by atoms with E-state index in [-0.39, 0.29) is 17.0 Å². The van der Waals surface area contributed by atoms with Gasteiger partial charge in [0.2, 0.25) is 0 Å². The fourth-order valence-electron chi connectivity index (χ4n) is 2.41. The van der Waals surface area contributed by atoms with Crippen molar-refractivity contribution in [2.45, 2.75) is 26.0 Å². The van der Waals surface area contributed by atoms with E-state index in [4.69, 9.17) is 37.4 Å². The number of rotatable bonds is 7. The fraction of sp³-hybridized carbons (Fsp3) is 0.316. The monoisotopic (exact) mass is 397 g/mol. The third kappa shape index (κ3) is 4.74. The van der Waals surface area contributed by atoms with Gasteiger partial charge in [0.15, 0.2) is 6.10 Å². The number of benzene rings is 2. The predicted molar refractivity (Wildman–Crippen MR) is 103 cm³/mol. The van der Waals surface area contributed by atoms with Crippen LogP contribution in [0.4, 0.5) is 0 Å². The Kier molecular flexibility index (Phi) is 7.00. The summed E-state index contributed by atoms with van der Waals surface area (Å²) in [5.41, 5.74) is 0.799. The van der Waals surface area contributed by atoms with Gasteiger partial charge in [0, 0.05) is 5.56 Å². The van der Waals surface area contributed by atoms with E-state index in [0.717, 1.165) is 5.56 Å². The SMILES string of the molecule is COc1ccc(OC)c(C(C)NC(=O)C(C)Oc2cccc(Cl)c2Cl)c1. The lowest BCUT2D eigenvalue weighted by molar-refractivity contribution is -0.127. The normalized spacial score (nSPS) is 12.8. The molecule has 0 bridgehead atoms. The number of methoxy groups -OCH3 is 2. The van der Waals surface area contributed by atoms with Crippen molar-refractivity contribution in [3.8, 4) is 17.2 Å². The van der Waals surface area contributed by atoms with Gasteiger partial charge in [0.25, 0.3) is 5.91 Å². The van der Waals surface area contributed by atoms with E-state index in [1.807, 2.05) is 13.0 Å². The molecule has 1 N–H and O–H groups in total. The fourth-order valence-corrected chi connectivity index (χ4v) is 2.74. The molecule has 0 spiro atoms. The molecule has 0 saturated carbocycles. The Morgan fingerprint density at radius 2 is 1.77 bits per heavy atom. The van der Waals surface area contributed by atoms with Crippen molar-refractivity contribution in [1.82, 2.24) is 5.32 Å². The molecule has 140 valence electrons. The molecule has 0 aromatic heterocycles. The molecule has 5 nitrogen and oxygen atoms in total. The van der Waals surface area contributed by atoms with E-state index in [9.17, 15) is 4.79 Å². The Bertz CT molecular complexity index is 782. The summed E-state index contributed by atoms with van der Waals surface area (Å²) < 4.78 is 16.2. The summed E-state index contributed by atoms with van der Waals surface area (Å²) in [6, 6.07) is 10.1. The van der Waals surface area contributed by atoms with Gasteiger partial charge < -0.3 is 19.5 Å².